The van der Waals surface area contributed by atoms with Gasteiger partial charge in [0.25, 0.3) is 5.56 Å². The number of anilines is 1. The molecule has 1 heterocycles. The Bertz CT molecular complexity index is 390. The molecule has 1 rings (SSSR count). The summed E-state index contributed by atoms with van der Waals surface area (Å²) < 4.78 is 2.33. The van der Waals surface area contributed by atoms with Crippen LogP contribution in [-0.2, 0) is 14.1 Å². The van der Waals surface area contributed by atoms with E-state index < -0.39 is 5.56 Å². The molecular formula is C7H11N3O2. The van der Waals surface area contributed by atoms with Gasteiger partial charge >= 0.3 is 5.69 Å². The van der Waals surface area contributed by atoms with Gasteiger partial charge in [-0.2, -0.15) is 0 Å². The van der Waals surface area contributed by atoms with Gasteiger partial charge in [0.2, 0.25) is 0 Å². The molecule has 0 fully saturated rings. The SMILES string of the molecule is Cc1c(N)c(=O)n(C)c(=O)n1C. The van der Waals surface area contributed by atoms with Gasteiger partial charge in [-0.25, -0.2) is 4.79 Å². The molecule has 66 valence electrons. The van der Waals surface area contributed by atoms with Crippen LogP contribution < -0.4 is 17.0 Å². The van der Waals surface area contributed by atoms with E-state index in [-0.39, 0.29) is 11.4 Å². The first-order valence-electron chi connectivity index (χ1n) is 3.49. The van der Waals surface area contributed by atoms with Crippen LogP contribution in [0, 0.1) is 6.92 Å². The first-order valence-corrected chi connectivity index (χ1v) is 3.49. The van der Waals surface area contributed by atoms with Gasteiger partial charge in [0.15, 0.2) is 0 Å². The molecular weight excluding hydrogens is 158 g/mol. The van der Waals surface area contributed by atoms with Crippen LogP contribution in [0.5, 0.6) is 0 Å². The minimum absolute atomic E-state index is 0.125. The van der Waals surface area contributed by atoms with E-state index in [4.69, 9.17) is 5.73 Å². The maximum absolute atomic E-state index is 11.2. The summed E-state index contributed by atoms with van der Waals surface area (Å²) >= 11 is 0. The van der Waals surface area contributed by atoms with E-state index in [0.717, 1.165) is 4.57 Å². The standard InChI is InChI=1S/C7H11N3O2/c1-4-5(8)6(11)10(3)7(12)9(4)2/h8H2,1-3H3. The van der Waals surface area contributed by atoms with Crippen molar-refractivity contribution in [3.63, 3.8) is 0 Å². The second-order valence-corrected chi connectivity index (χ2v) is 2.70. The highest BCUT2D eigenvalue weighted by Gasteiger charge is 2.07. The van der Waals surface area contributed by atoms with Crippen molar-refractivity contribution in [1.29, 1.82) is 0 Å². The van der Waals surface area contributed by atoms with E-state index in [1.165, 1.54) is 11.6 Å². The number of hydrogen-bond acceptors (Lipinski definition) is 3. The highest BCUT2D eigenvalue weighted by atomic mass is 16.2. The zero-order valence-corrected chi connectivity index (χ0v) is 7.29. The van der Waals surface area contributed by atoms with Gasteiger partial charge in [-0.05, 0) is 6.92 Å². The van der Waals surface area contributed by atoms with Crippen LogP contribution in [0.4, 0.5) is 5.69 Å². The Morgan fingerprint density at radius 2 is 1.67 bits per heavy atom. The Kier molecular flexibility index (Phi) is 1.79. The van der Waals surface area contributed by atoms with Gasteiger partial charge in [0, 0.05) is 19.8 Å². The fraction of sp³-hybridized carbons (Fsp3) is 0.429. The summed E-state index contributed by atoms with van der Waals surface area (Å²) in [5, 5.41) is 0. The summed E-state index contributed by atoms with van der Waals surface area (Å²) in [7, 11) is 2.98. The summed E-state index contributed by atoms with van der Waals surface area (Å²) in [5.74, 6) is 0. The molecule has 0 bridgehead atoms. The first-order chi connectivity index (χ1) is 5.46. The summed E-state index contributed by atoms with van der Waals surface area (Å²) in [6.45, 7) is 1.64. The summed E-state index contributed by atoms with van der Waals surface area (Å²) in [6, 6.07) is 0. The molecule has 0 atom stereocenters. The Labute approximate surface area is 69.0 Å². The van der Waals surface area contributed by atoms with Gasteiger partial charge in [-0.1, -0.05) is 0 Å². The van der Waals surface area contributed by atoms with Crippen LogP contribution >= 0.6 is 0 Å². The maximum atomic E-state index is 11.2. The Hall–Kier alpha value is -1.52. The second kappa shape index (κ2) is 2.51. The second-order valence-electron chi connectivity index (χ2n) is 2.70. The fourth-order valence-corrected chi connectivity index (χ4v) is 0.971. The van der Waals surface area contributed by atoms with Crippen LogP contribution in [0.1, 0.15) is 5.69 Å². The summed E-state index contributed by atoms with van der Waals surface area (Å²) in [6.07, 6.45) is 0. The van der Waals surface area contributed by atoms with Crippen molar-refractivity contribution >= 4 is 5.69 Å². The molecule has 0 aliphatic rings. The number of nitrogens with zero attached hydrogens (tertiary/aromatic N) is 2. The minimum Gasteiger partial charge on any atom is -0.393 e. The number of aromatic nitrogens is 2. The van der Waals surface area contributed by atoms with Crippen molar-refractivity contribution in [2.75, 3.05) is 5.73 Å². The van der Waals surface area contributed by atoms with Crippen molar-refractivity contribution < 1.29 is 0 Å². The Morgan fingerprint density at radius 3 is 2.17 bits per heavy atom. The molecule has 0 saturated carbocycles. The van der Waals surface area contributed by atoms with Crippen molar-refractivity contribution in [2.45, 2.75) is 6.92 Å². The Balaban J connectivity index is 3.86. The molecule has 0 amide bonds. The van der Waals surface area contributed by atoms with E-state index in [9.17, 15) is 9.59 Å². The zero-order chi connectivity index (χ0) is 9.46. The van der Waals surface area contributed by atoms with E-state index >= 15 is 0 Å². The molecule has 0 aliphatic carbocycles. The number of nitrogen functional groups attached to an aromatic ring is 1. The lowest BCUT2D eigenvalue weighted by molar-refractivity contribution is 0.672. The van der Waals surface area contributed by atoms with Gasteiger partial charge in [-0.15, -0.1) is 0 Å². The third-order valence-corrected chi connectivity index (χ3v) is 2.00. The third kappa shape index (κ3) is 0.939. The molecule has 5 nitrogen and oxygen atoms in total. The third-order valence-electron chi connectivity index (χ3n) is 2.00. The molecule has 1 aromatic rings. The van der Waals surface area contributed by atoms with Crippen LogP contribution in [0.2, 0.25) is 0 Å². The predicted octanol–water partition coefficient (Wildman–Crippen LogP) is -1.03. The molecule has 0 radical (unpaired) electrons. The van der Waals surface area contributed by atoms with Gasteiger partial charge < -0.3 is 5.73 Å². The Morgan fingerprint density at radius 1 is 1.17 bits per heavy atom. The smallest absolute Gasteiger partial charge is 0.330 e. The van der Waals surface area contributed by atoms with Crippen LogP contribution in [-0.4, -0.2) is 9.13 Å². The highest BCUT2D eigenvalue weighted by molar-refractivity contribution is 5.39. The van der Waals surface area contributed by atoms with E-state index in [1.54, 1.807) is 14.0 Å². The summed E-state index contributed by atoms with van der Waals surface area (Å²) in [4.78, 5) is 22.4. The monoisotopic (exact) mass is 169 g/mol. The van der Waals surface area contributed by atoms with Gasteiger partial charge in [0.1, 0.15) is 5.69 Å². The average Bonchev–Trinajstić information content (AvgIpc) is 2.08. The molecule has 0 saturated heterocycles. The summed E-state index contributed by atoms with van der Waals surface area (Å²) in [5.41, 5.74) is 5.30. The van der Waals surface area contributed by atoms with Crippen molar-refractivity contribution in [3.05, 3.63) is 26.5 Å². The number of nitrogens with two attached hydrogens (primary N) is 1. The fourth-order valence-electron chi connectivity index (χ4n) is 0.971. The van der Waals surface area contributed by atoms with Crippen LogP contribution in [0.25, 0.3) is 0 Å². The van der Waals surface area contributed by atoms with Crippen LogP contribution in [0.15, 0.2) is 9.59 Å². The lowest BCUT2D eigenvalue weighted by Gasteiger charge is -2.07. The lowest BCUT2D eigenvalue weighted by atomic mass is 10.3. The average molecular weight is 169 g/mol. The molecule has 0 unspecified atom stereocenters. The topological polar surface area (TPSA) is 70.0 Å². The number of hydrogen-bond donors (Lipinski definition) is 1. The van der Waals surface area contributed by atoms with Gasteiger partial charge in [0.05, 0.1) is 0 Å². The predicted molar refractivity (Wildman–Crippen MR) is 46.1 cm³/mol. The van der Waals surface area contributed by atoms with E-state index in [1.807, 2.05) is 0 Å². The zero-order valence-electron chi connectivity index (χ0n) is 7.29. The maximum Gasteiger partial charge on any atom is 0.330 e. The van der Waals surface area contributed by atoms with Crippen molar-refractivity contribution in [2.24, 2.45) is 14.1 Å². The molecule has 5 heteroatoms. The van der Waals surface area contributed by atoms with Crippen molar-refractivity contribution in [1.82, 2.24) is 9.13 Å². The van der Waals surface area contributed by atoms with E-state index in [2.05, 4.69) is 0 Å². The van der Waals surface area contributed by atoms with Gasteiger partial charge in [-0.3, -0.25) is 13.9 Å². The van der Waals surface area contributed by atoms with Crippen LogP contribution in [0.3, 0.4) is 0 Å². The molecule has 0 spiro atoms. The first kappa shape index (κ1) is 8.58. The molecule has 2 N–H and O–H groups in total. The highest BCUT2D eigenvalue weighted by Crippen LogP contribution is 1.97. The number of rotatable bonds is 0. The van der Waals surface area contributed by atoms with Crippen molar-refractivity contribution in [3.8, 4) is 0 Å². The molecule has 1 aromatic heterocycles. The molecule has 0 aliphatic heterocycles. The quantitative estimate of drug-likeness (QED) is 0.540. The van der Waals surface area contributed by atoms with E-state index in [0.29, 0.717) is 5.69 Å². The largest absolute Gasteiger partial charge is 0.393 e. The molecule has 0 aromatic carbocycles. The lowest BCUT2D eigenvalue weighted by Crippen LogP contribution is -2.39. The normalized spacial score (nSPS) is 10.2. The molecule has 12 heavy (non-hydrogen) atoms. The minimum atomic E-state index is -0.435.